The fraction of sp³-hybridized carbons (Fsp3) is 0.500. The van der Waals surface area contributed by atoms with Crippen LogP contribution in [0.15, 0.2) is 24.3 Å². The van der Waals surface area contributed by atoms with E-state index in [1.807, 2.05) is 24.3 Å². The van der Waals surface area contributed by atoms with Crippen molar-refractivity contribution in [1.29, 1.82) is 0 Å². The monoisotopic (exact) mass is 231 g/mol. The predicted octanol–water partition coefficient (Wildman–Crippen LogP) is 2.62. The van der Waals surface area contributed by atoms with Gasteiger partial charge in [-0.1, -0.05) is 0 Å². The minimum absolute atomic E-state index is 0.111. The Bertz CT molecular complexity index is 426. The summed E-state index contributed by atoms with van der Waals surface area (Å²) < 4.78 is 5.80. The molecule has 1 aromatic carbocycles. The van der Waals surface area contributed by atoms with E-state index >= 15 is 0 Å². The van der Waals surface area contributed by atoms with Crippen LogP contribution in [-0.2, 0) is 4.74 Å². The fourth-order valence-electron chi connectivity index (χ4n) is 2.80. The number of anilines is 1. The molecule has 0 spiro atoms. The largest absolute Gasteiger partial charge is 0.380 e. The number of benzene rings is 1. The van der Waals surface area contributed by atoms with Crippen molar-refractivity contribution in [3.63, 3.8) is 0 Å². The number of nitrogens with one attached hydrogen (secondary N) is 1. The first kappa shape index (κ1) is 10.8. The summed E-state index contributed by atoms with van der Waals surface area (Å²) in [7, 11) is 0. The van der Waals surface area contributed by atoms with Gasteiger partial charge in [-0.3, -0.25) is 4.79 Å². The lowest BCUT2D eigenvalue weighted by Gasteiger charge is -2.21. The molecule has 3 unspecified atom stereocenters. The number of hydrogen-bond acceptors (Lipinski definition) is 3. The highest BCUT2D eigenvalue weighted by atomic mass is 16.5. The molecule has 2 heterocycles. The van der Waals surface area contributed by atoms with Gasteiger partial charge in [-0.25, -0.2) is 0 Å². The molecule has 2 bridgehead atoms. The van der Waals surface area contributed by atoms with E-state index in [-0.39, 0.29) is 5.78 Å². The molecule has 2 fully saturated rings. The Labute approximate surface area is 101 Å². The Balaban J connectivity index is 1.67. The lowest BCUT2D eigenvalue weighted by Crippen LogP contribution is -2.30. The smallest absolute Gasteiger partial charge is 0.159 e. The highest BCUT2D eigenvalue weighted by molar-refractivity contribution is 5.94. The number of carbonyl (C=O) groups is 1. The van der Waals surface area contributed by atoms with E-state index in [1.54, 1.807) is 6.92 Å². The molecule has 2 aliphatic heterocycles. The van der Waals surface area contributed by atoms with Gasteiger partial charge in [-0.05, 0) is 50.5 Å². The quantitative estimate of drug-likeness (QED) is 0.813. The summed E-state index contributed by atoms with van der Waals surface area (Å²) in [5.74, 6) is 0.111. The van der Waals surface area contributed by atoms with Gasteiger partial charge in [-0.15, -0.1) is 0 Å². The molecule has 90 valence electrons. The van der Waals surface area contributed by atoms with Crippen LogP contribution in [0.1, 0.15) is 36.5 Å². The number of Topliss-reactive ketones (excluding diaryl/α,β-unsaturated/α-hetero) is 1. The zero-order valence-electron chi connectivity index (χ0n) is 9.98. The van der Waals surface area contributed by atoms with Crippen LogP contribution in [0.25, 0.3) is 0 Å². The summed E-state index contributed by atoms with van der Waals surface area (Å²) in [6, 6.07) is 8.14. The van der Waals surface area contributed by atoms with Crippen LogP contribution in [0.3, 0.4) is 0 Å². The van der Waals surface area contributed by atoms with Crippen molar-refractivity contribution in [3.8, 4) is 0 Å². The maximum absolute atomic E-state index is 11.2. The van der Waals surface area contributed by atoms with Gasteiger partial charge in [0.2, 0.25) is 0 Å². The van der Waals surface area contributed by atoms with Crippen LogP contribution in [0.4, 0.5) is 5.69 Å². The van der Waals surface area contributed by atoms with Crippen molar-refractivity contribution in [2.45, 2.75) is 44.4 Å². The summed E-state index contributed by atoms with van der Waals surface area (Å²) >= 11 is 0. The van der Waals surface area contributed by atoms with Crippen LogP contribution >= 0.6 is 0 Å². The summed E-state index contributed by atoms with van der Waals surface area (Å²) in [6.45, 7) is 1.59. The first-order valence-corrected chi connectivity index (χ1v) is 6.25. The Hall–Kier alpha value is -1.35. The standard InChI is InChI=1S/C14H17NO2/c1-9(16)10-2-4-11(5-3-10)15-13-8-12-6-7-14(13)17-12/h2-5,12-15H,6-8H2,1H3. The normalized spacial score (nSPS) is 30.5. The molecule has 3 rings (SSSR count). The van der Waals surface area contributed by atoms with E-state index in [0.29, 0.717) is 18.2 Å². The average Bonchev–Trinajstić information content (AvgIpc) is 2.91. The molecule has 3 heteroatoms. The Morgan fingerprint density at radius 2 is 2.06 bits per heavy atom. The zero-order chi connectivity index (χ0) is 11.8. The molecule has 17 heavy (non-hydrogen) atoms. The highest BCUT2D eigenvalue weighted by Gasteiger charge is 2.40. The number of hydrogen-bond donors (Lipinski definition) is 1. The van der Waals surface area contributed by atoms with E-state index in [1.165, 1.54) is 12.8 Å². The molecule has 2 aliphatic rings. The second kappa shape index (κ2) is 4.15. The Morgan fingerprint density at radius 3 is 2.59 bits per heavy atom. The number of ether oxygens (including phenoxy) is 1. The van der Waals surface area contributed by atoms with Crippen molar-refractivity contribution in [2.75, 3.05) is 5.32 Å². The Morgan fingerprint density at radius 1 is 1.29 bits per heavy atom. The van der Waals surface area contributed by atoms with Crippen molar-refractivity contribution in [3.05, 3.63) is 29.8 Å². The minimum Gasteiger partial charge on any atom is -0.380 e. The third-order valence-electron chi connectivity index (χ3n) is 3.75. The first-order chi connectivity index (χ1) is 8.22. The molecular weight excluding hydrogens is 214 g/mol. The maximum Gasteiger partial charge on any atom is 0.159 e. The van der Waals surface area contributed by atoms with Gasteiger partial charge in [0.1, 0.15) is 0 Å². The summed E-state index contributed by atoms with van der Waals surface area (Å²) in [6.07, 6.45) is 4.35. The van der Waals surface area contributed by atoms with E-state index in [4.69, 9.17) is 4.74 Å². The van der Waals surface area contributed by atoms with Crippen LogP contribution in [0.5, 0.6) is 0 Å². The first-order valence-electron chi connectivity index (χ1n) is 6.25. The van der Waals surface area contributed by atoms with E-state index < -0.39 is 0 Å². The maximum atomic E-state index is 11.2. The van der Waals surface area contributed by atoms with Crippen LogP contribution in [0.2, 0.25) is 0 Å². The topological polar surface area (TPSA) is 38.3 Å². The minimum atomic E-state index is 0.111. The molecule has 1 N–H and O–H groups in total. The molecule has 0 amide bonds. The van der Waals surface area contributed by atoms with E-state index in [0.717, 1.165) is 17.7 Å². The van der Waals surface area contributed by atoms with Gasteiger partial charge >= 0.3 is 0 Å². The van der Waals surface area contributed by atoms with Crippen molar-refractivity contribution in [1.82, 2.24) is 0 Å². The molecule has 1 aromatic rings. The van der Waals surface area contributed by atoms with Crippen molar-refractivity contribution in [2.24, 2.45) is 0 Å². The number of ketones is 1. The second-order valence-electron chi connectivity index (χ2n) is 4.99. The van der Waals surface area contributed by atoms with Gasteiger partial charge in [0.15, 0.2) is 5.78 Å². The van der Waals surface area contributed by atoms with Crippen LogP contribution < -0.4 is 5.32 Å². The summed E-state index contributed by atoms with van der Waals surface area (Å²) in [5, 5.41) is 3.50. The molecule has 3 nitrogen and oxygen atoms in total. The third kappa shape index (κ3) is 2.07. The SMILES string of the molecule is CC(=O)c1ccc(NC2CC3CCC2O3)cc1. The molecular formula is C14H17NO2. The van der Waals surface area contributed by atoms with Gasteiger partial charge in [0, 0.05) is 11.3 Å². The summed E-state index contributed by atoms with van der Waals surface area (Å²) in [4.78, 5) is 11.2. The highest BCUT2D eigenvalue weighted by Crippen LogP contribution is 2.35. The van der Waals surface area contributed by atoms with Gasteiger partial charge in [0.25, 0.3) is 0 Å². The fourth-order valence-corrected chi connectivity index (χ4v) is 2.80. The molecule has 3 atom stereocenters. The van der Waals surface area contributed by atoms with E-state index in [2.05, 4.69) is 5.32 Å². The zero-order valence-corrected chi connectivity index (χ0v) is 9.98. The van der Waals surface area contributed by atoms with Crippen LogP contribution in [0, 0.1) is 0 Å². The van der Waals surface area contributed by atoms with Gasteiger partial charge in [-0.2, -0.15) is 0 Å². The van der Waals surface area contributed by atoms with Crippen molar-refractivity contribution >= 4 is 11.5 Å². The number of fused-ring (bicyclic) bond motifs is 2. The van der Waals surface area contributed by atoms with Gasteiger partial charge < -0.3 is 10.1 Å². The molecule has 0 radical (unpaired) electrons. The number of rotatable bonds is 3. The predicted molar refractivity (Wildman–Crippen MR) is 66.4 cm³/mol. The van der Waals surface area contributed by atoms with Crippen LogP contribution in [-0.4, -0.2) is 24.0 Å². The Kier molecular flexibility index (Phi) is 2.63. The average molecular weight is 231 g/mol. The second-order valence-corrected chi connectivity index (χ2v) is 4.99. The lowest BCUT2D eigenvalue weighted by atomic mass is 9.95. The molecule has 0 saturated carbocycles. The molecule has 0 aliphatic carbocycles. The van der Waals surface area contributed by atoms with E-state index in [9.17, 15) is 4.79 Å². The molecule has 2 saturated heterocycles. The van der Waals surface area contributed by atoms with Gasteiger partial charge in [0.05, 0.1) is 18.2 Å². The number of carbonyl (C=O) groups excluding carboxylic acids is 1. The third-order valence-corrected chi connectivity index (χ3v) is 3.75. The molecule has 0 aromatic heterocycles. The summed E-state index contributed by atoms with van der Waals surface area (Å²) in [5.41, 5.74) is 1.84. The lowest BCUT2D eigenvalue weighted by molar-refractivity contribution is 0.101. The van der Waals surface area contributed by atoms with Crippen molar-refractivity contribution < 1.29 is 9.53 Å².